The Labute approximate surface area is 115 Å². The molecule has 0 aliphatic rings. The number of amides is 1. The summed E-state index contributed by atoms with van der Waals surface area (Å²) < 4.78 is 0. The maximum absolute atomic E-state index is 11.9. The maximum atomic E-state index is 11.9. The highest BCUT2D eigenvalue weighted by atomic mass is 16.3. The largest absolute Gasteiger partial charge is 0.507 e. The Hall–Kier alpha value is -3.00. The number of aromatic hydroxyl groups is 2. The molecule has 2 aromatic rings. The van der Waals surface area contributed by atoms with Gasteiger partial charge >= 0.3 is 0 Å². The summed E-state index contributed by atoms with van der Waals surface area (Å²) in [6.45, 7) is 0.234. The molecule has 0 heterocycles. The summed E-state index contributed by atoms with van der Waals surface area (Å²) in [6.07, 6.45) is 0. The minimum Gasteiger partial charge on any atom is -0.507 e. The van der Waals surface area contributed by atoms with Crippen molar-refractivity contribution in [2.45, 2.75) is 6.54 Å². The van der Waals surface area contributed by atoms with E-state index in [1.165, 1.54) is 18.2 Å². The number of nitriles is 1. The molecule has 3 N–H and O–H groups in total. The van der Waals surface area contributed by atoms with E-state index < -0.39 is 5.91 Å². The first kappa shape index (κ1) is 13.4. The molecule has 1 amide bonds. The van der Waals surface area contributed by atoms with Crippen LogP contribution in [0.5, 0.6) is 11.5 Å². The number of rotatable bonds is 3. The third kappa shape index (κ3) is 2.87. The van der Waals surface area contributed by atoms with Gasteiger partial charge in [0.05, 0.1) is 11.6 Å². The van der Waals surface area contributed by atoms with Crippen molar-refractivity contribution in [1.29, 1.82) is 5.26 Å². The molecular formula is C15H12N2O3. The van der Waals surface area contributed by atoms with Gasteiger partial charge in [-0.25, -0.2) is 0 Å². The van der Waals surface area contributed by atoms with E-state index in [1.54, 1.807) is 24.3 Å². The fourth-order valence-corrected chi connectivity index (χ4v) is 1.73. The first-order valence-corrected chi connectivity index (χ1v) is 5.90. The van der Waals surface area contributed by atoms with Crippen molar-refractivity contribution in [2.75, 3.05) is 0 Å². The van der Waals surface area contributed by atoms with Gasteiger partial charge in [-0.1, -0.05) is 18.2 Å². The van der Waals surface area contributed by atoms with Crippen molar-refractivity contribution >= 4 is 5.91 Å². The predicted molar refractivity (Wildman–Crippen MR) is 72.1 cm³/mol. The summed E-state index contributed by atoms with van der Waals surface area (Å²) in [4.78, 5) is 11.9. The lowest BCUT2D eigenvalue weighted by atomic mass is 10.1. The molecule has 0 aliphatic carbocycles. The number of carbonyl (C=O) groups excluding carboxylic acids is 1. The number of hydrogen-bond donors (Lipinski definition) is 3. The molecule has 5 heteroatoms. The van der Waals surface area contributed by atoms with E-state index in [-0.39, 0.29) is 23.6 Å². The minimum absolute atomic E-state index is 0.152. The van der Waals surface area contributed by atoms with Crippen LogP contribution in [0.3, 0.4) is 0 Å². The molecule has 0 atom stereocenters. The van der Waals surface area contributed by atoms with Gasteiger partial charge in [0.1, 0.15) is 17.1 Å². The van der Waals surface area contributed by atoms with Crippen molar-refractivity contribution in [3.8, 4) is 17.6 Å². The van der Waals surface area contributed by atoms with E-state index in [1.807, 2.05) is 6.07 Å². The van der Waals surface area contributed by atoms with Crippen LogP contribution in [-0.2, 0) is 6.54 Å². The molecule has 2 aromatic carbocycles. The maximum Gasteiger partial charge on any atom is 0.259 e. The summed E-state index contributed by atoms with van der Waals surface area (Å²) in [5.41, 5.74) is 1.20. The van der Waals surface area contributed by atoms with Crippen LogP contribution < -0.4 is 5.32 Å². The van der Waals surface area contributed by atoms with Crippen LogP contribution in [0.2, 0.25) is 0 Å². The summed E-state index contributed by atoms with van der Waals surface area (Å²) in [5.74, 6) is -1.12. The number of carbonyl (C=O) groups is 1. The van der Waals surface area contributed by atoms with E-state index in [0.29, 0.717) is 5.56 Å². The molecule has 2 rings (SSSR count). The second-order valence-corrected chi connectivity index (χ2v) is 4.16. The number of nitrogens with one attached hydrogen (secondary N) is 1. The Morgan fingerprint density at radius 2 is 1.70 bits per heavy atom. The second-order valence-electron chi connectivity index (χ2n) is 4.16. The standard InChI is InChI=1S/C15H12N2O3/c16-8-10-4-6-11(7-5-10)9-17-15(20)14-12(18)2-1-3-13(14)19/h1-7,18-19H,9H2,(H,17,20). The quantitative estimate of drug-likeness (QED) is 0.792. The highest BCUT2D eigenvalue weighted by molar-refractivity contribution is 5.99. The van der Waals surface area contributed by atoms with Gasteiger partial charge in [0.15, 0.2) is 0 Å². The smallest absolute Gasteiger partial charge is 0.259 e. The Balaban J connectivity index is 2.07. The van der Waals surface area contributed by atoms with Gasteiger partial charge in [-0.15, -0.1) is 0 Å². The van der Waals surface area contributed by atoms with Gasteiger partial charge in [-0.05, 0) is 29.8 Å². The fraction of sp³-hybridized carbons (Fsp3) is 0.0667. The normalized spacial score (nSPS) is 9.75. The molecule has 5 nitrogen and oxygen atoms in total. The topological polar surface area (TPSA) is 93.4 Å². The van der Waals surface area contributed by atoms with Crippen LogP contribution >= 0.6 is 0 Å². The van der Waals surface area contributed by atoms with E-state index >= 15 is 0 Å². The minimum atomic E-state index is -0.565. The Morgan fingerprint density at radius 1 is 1.10 bits per heavy atom. The molecule has 0 fully saturated rings. The average molecular weight is 268 g/mol. The third-order valence-corrected chi connectivity index (χ3v) is 2.78. The molecule has 100 valence electrons. The van der Waals surface area contributed by atoms with Crippen LogP contribution in [0.25, 0.3) is 0 Å². The zero-order valence-corrected chi connectivity index (χ0v) is 10.5. The first-order chi connectivity index (χ1) is 9.61. The summed E-state index contributed by atoms with van der Waals surface area (Å²) >= 11 is 0. The van der Waals surface area contributed by atoms with Crippen LogP contribution in [-0.4, -0.2) is 16.1 Å². The number of nitrogens with zero attached hydrogens (tertiary/aromatic N) is 1. The van der Waals surface area contributed by atoms with Gasteiger partial charge < -0.3 is 15.5 Å². The van der Waals surface area contributed by atoms with Crippen LogP contribution in [0.1, 0.15) is 21.5 Å². The fourth-order valence-electron chi connectivity index (χ4n) is 1.73. The van der Waals surface area contributed by atoms with Gasteiger partial charge in [0.2, 0.25) is 0 Å². The summed E-state index contributed by atoms with van der Waals surface area (Å²) in [7, 11) is 0. The van der Waals surface area contributed by atoms with Crippen molar-refractivity contribution in [1.82, 2.24) is 5.32 Å². The number of benzene rings is 2. The van der Waals surface area contributed by atoms with Crippen LogP contribution in [0, 0.1) is 11.3 Å². The third-order valence-electron chi connectivity index (χ3n) is 2.78. The molecule has 0 unspecified atom stereocenters. The number of hydrogen-bond acceptors (Lipinski definition) is 4. The Bertz CT molecular complexity index is 652. The van der Waals surface area contributed by atoms with E-state index in [4.69, 9.17) is 5.26 Å². The molecule has 0 saturated carbocycles. The van der Waals surface area contributed by atoms with Gasteiger partial charge in [-0.3, -0.25) is 4.79 Å². The van der Waals surface area contributed by atoms with Crippen LogP contribution in [0.15, 0.2) is 42.5 Å². The van der Waals surface area contributed by atoms with Crippen molar-refractivity contribution in [3.63, 3.8) is 0 Å². The lowest BCUT2D eigenvalue weighted by molar-refractivity contribution is 0.0945. The molecule has 0 spiro atoms. The average Bonchev–Trinajstić information content (AvgIpc) is 2.45. The summed E-state index contributed by atoms with van der Waals surface area (Å²) in [5, 5.41) is 30.4. The lowest BCUT2D eigenvalue weighted by Gasteiger charge is -2.08. The Kier molecular flexibility index (Phi) is 3.87. The highest BCUT2D eigenvalue weighted by Gasteiger charge is 2.15. The highest BCUT2D eigenvalue weighted by Crippen LogP contribution is 2.25. The lowest BCUT2D eigenvalue weighted by Crippen LogP contribution is -2.23. The van der Waals surface area contributed by atoms with E-state index in [0.717, 1.165) is 5.56 Å². The van der Waals surface area contributed by atoms with Crippen molar-refractivity contribution < 1.29 is 15.0 Å². The van der Waals surface area contributed by atoms with E-state index in [9.17, 15) is 15.0 Å². The molecule has 0 bridgehead atoms. The molecule has 0 aromatic heterocycles. The Morgan fingerprint density at radius 3 is 2.25 bits per heavy atom. The van der Waals surface area contributed by atoms with Crippen molar-refractivity contribution in [3.05, 3.63) is 59.2 Å². The monoisotopic (exact) mass is 268 g/mol. The number of phenolic OH excluding ortho intramolecular Hbond substituents is 2. The summed E-state index contributed by atoms with van der Waals surface area (Å²) in [6, 6.07) is 12.9. The number of phenols is 2. The zero-order chi connectivity index (χ0) is 14.5. The van der Waals surface area contributed by atoms with Gasteiger partial charge in [0.25, 0.3) is 5.91 Å². The molecular weight excluding hydrogens is 256 g/mol. The second kappa shape index (κ2) is 5.76. The molecule has 0 radical (unpaired) electrons. The predicted octanol–water partition coefficient (Wildman–Crippen LogP) is 1.90. The molecule has 0 aliphatic heterocycles. The van der Waals surface area contributed by atoms with Crippen molar-refractivity contribution in [2.24, 2.45) is 0 Å². The van der Waals surface area contributed by atoms with E-state index in [2.05, 4.69) is 5.32 Å². The molecule has 0 saturated heterocycles. The van der Waals surface area contributed by atoms with Gasteiger partial charge in [-0.2, -0.15) is 5.26 Å². The van der Waals surface area contributed by atoms with Crippen LogP contribution in [0.4, 0.5) is 0 Å². The first-order valence-electron chi connectivity index (χ1n) is 5.90. The zero-order valence-electron chi connectivity index (χ0n) is 10.5. The SMILES string of the molecule is N#Cc1ccc(CNC(=O)c2c(O)cccc2O)cc1. The molecule has 20 heavy (non-hydrogen) atoms. The van der Waals surface area contributed by atoms with Gasteiger partial charge in [0, 0.05) is 6.54 Å².